The molecule has 0 bridgehead atoms. The molecule has 0 aliphatic heterocycles. The Morgan fingerprint density at radius 1 is 1.09 bits per heavy atom. The van der Waals surface area contributed by atoms with Crippen LogP contribution in [0.3, 0.4) is 0 Å². The van der Waals surface area contributed by atoms with Gasteiger partial charge in [-0.05, 0) is 30.3 Å². The monoisotopic (exact) mass is 314 g/mol. The van der Waals surface area contributed by atoms with E-state index >= 15 is 0 Å². The molecule has 0 atom stereocenters. The minimum atomic E-state index is -0.114. The number of para-hydroxylation sites is 2. The molecule has 5 heteroatoms. The maximum absolute atomic E-state index is 12.1. The minimum absolute atomic E-state index is 0.114. The smallest absolute Gasteiger partial charge is 0.251 e. The number of rotatable bonds is 7. The van der Waals surface area contributed by atoms with E-state index in [9.17, 15) is 4.79 Å². The molecule has 2 rings (SSSR count). The van der Waals surface area contributed by atoms with Crippen LogP contribution in [0.15, 0.2) is 48.5 Å². The Morgan fingerprint density at radius 3 is 2.52 bits per heavy atom. The number of carbonyl (C=O) groups excluding carboxylic acids is 1. The number of ether oxygens (including phenoxy) is 2. The van der Waals surface area contributed by atoms with Gasteiger partial charge in [0.1, 0.15) is 6.61 Å². The number of carbonyl (C=O) groups is 1. The third-order valence-electron chi connectivity index (χ3n) is 3.34. The second kappa shape index (κ2) is 8.08. The topological polar surface area (TPSA) is 50.8 Å². The molecule has 0 spiro atoms. The van der Waals surface area contributed by atoms with Crippen LogP contribution in [0.25, 0.3) is 0 Å². The molecule has 2 aromatic carbocycles. The average molecular weight is 314 g/mol. The van der Waals surface area contributed by atoms with Gasteiger partial charge in [0.25, 0.3) is 5.91 Å². The molecule has 0 unspecified atom stereocenters. The van der Waals surface area contributed by atoms with Gasteiger partial charge in [-0.2, -0.15) is 0 Å². The molecule has 0 aliphatic carbocycles. The lowest BCUT2D eigenvalue weighted by atomic mass is 10.2. The number of amides is 1. The molecule has 1 N–H and O–H groups in total. The highest BCUT2D eigenvalue weighted by atomic mass is 16.5. The van der Waals surface area contributed by atoms with E-state index in [0.29, 0.717) is 30.2 Å². The fraction of sp³-hybridized carbons (Fsp3) is 0.278. The summed E-state index contributed by atoms with van der Waals surface area (Å²) in [6, 6.07) is 14.9. The van der Waals surface area contributed by atoms with Gasteiger partial charge in [0.05, 0.1) is 13.7 Å². The van der Waals surface area contributed by atoms with Crippen molar-refractivity contribution in [2.45, 2.75) is 0 Å². The van der Waals surface area contributed by atoms with Gasteiger partial charge in [-0.25, -0.2) is 0 Å². The highest BCUT2D eigenvalue weighted by molar-refractivity contribution is 5.95. The van der Waals surface area contributed by atoms with Gasteiger partial charge in [-0.1, -0.05) is 18.2 Å². The summed E-state index contributed by atoms with van der Waals surface area (Å²) in [7, 11) is 5.48. The first-order valence-corrected chi connectivity index (χ1v) is 7.43. The second-order valence-electron chi connectivity index (χ2n) is 5.20. The zero-order chi connectivity index (χ0) is 16.7. The Bertz CT molecular complexity index is 656. The first-order valence-electron chi connectivity index (χ1n) is 7.43. The van der Waals surface area contributed by atoms with E-state index in [1.54, 1.807) is 13.2 Å². The molecule has 122 valence electrons. The van der Waals surface area contributed by atoms with E-state index in [4.69, 9.17) is 9.47 Å². The van der Waals surface area contributed by atoms with Gasteiger partial charge in [-0.3, -0.25) is 4.79 Å². The van der Waals surface area contributed by atoms with Crippen molar-refractivity contribution in [3.63, 3.8) is 0 Å². The number of nitrogens with zero attached hydrogens (tertiary/aromatic N) is 1. The number of hydrogen-bond acceptors (Lipinski definition) is 4. The molecule has 1 amide bonds. The maximum Gasteiger partial charge on any atom is 0.251 e. The normalized spacial score (nSPS) is 10.0. The lowest BCUT2D eigenvalue weighted by molar-refractivity contribution is 0.0947. The number of hydrogen-bond donors (Lipinski definition) is 1. The maximum atomic E-state index is 12.1. The molecule has 0 heterocycles. The molecule has 0 aromatic heterocycles. The molecule has 0 saturated heterocycles. The van der Waals surface area contributed by atoms with E-state index in [2.05, 4.69) is 5.32 Å². The Hall–Kier alpha value is -2.69. The lowest BCUT2D eigenvalue weighted by Gasteiger charge is -2.14. The molecule has 23 heavy (non-hydrogen) atoms. The van der Waals surface area contributed by atoms with Crippen LogP contribution >= 0.6 is 0 Å². The number of nitrogens with one attached hydrogen (secondary N) is 1. The average Bonchev–Trinajstić information content (AvgIpc) is 2.59. The molecule has 0 saturated carbocycles. The van der Waals surface area contributed by atoms with Crippen molar-refractivity contribution in [3.05, 3.63) is 54.1 Å². The largest absolute Gasteiger partial charge is 0.493 e. The van der Waals surface area contributed by atoms with Crippen molar-refractivity contribution < 1.29 is 14.3 Å². The Morgan fingerprint density at radius 2 is 1.83 bits per heavy atom. The van der Waals surface area contributed by atoms with Crippen molar-refractivity contribution in [2.75, 3.05) is 39.3 Å². The van der Waals surface area contributed by atoms with Crippen molar-refractivity contribution in [1.29, 1.82) is 0 Å². The first kappa shape index (κ1) is 16.7. The number of anilines is 1. The zero-order valence-corrected chi connectivity index (χ0v) is 13.7. The van der Waals surface area contributed by atoms with Crippen LogP contribution in [0.1, 0.15) is 10.4 Å². The fourth-order valence-corrected chi connectivity index (χ4v) is 2.09. The summed E-state index contributed by atoms with van der Waals surface area (Å²) in [5, 5.41) is 2.85. The Balaban J connectivity index is 1.84. The molecule has 2 aromatic rings. The van der Waals surface area contributed by atoms with Gasteiger partial charge < -0.3 is 19.7 Å². The van der Waals surface area contributed by atoms with Crippen LogP contribution in [-0.4, -0.2) is 40.3 Å². The predicted octanol–water partition coefficient (Wildman–Crippen LogP) is 2.57. The van der Waals surface area contributed by atoms with Crippen LogP contribution < -0.4 is 19.7 Å². The van der Waals surface area contributed by atoms with Crippen LogP contribution in [-0.2, 0) is 0 Å². The molecule has 0 radical (unpaired) electrons. The summed E-state index contributed by atoms with van der Waals surface area (Å²) < 4.78 is 10.8. The van der Waals surface area contributed by atoms with Gasteiger partial charge in [0, 0.05) is 25.3 Å². The van der Waals surface area contributed by atoms with E-state index in [1.807, 2.05) is 61.5 Å². The quantitative estimate of drug-likeness (QED) is 0.798. The summed E-state index contributed by atoms with van der Waals surface area (Å²) in [6.45, 7) is 0.794. The zero-order valence-electron chi connectivity index (χ0n) is 13.7. The summed E-state index contributed by atoms with van der Waals surface area (Å²) in [5.41, 5.74) is 1.62. The van der Waals surface area contributed by atoms with Crippen molar-refractivity contribution in [3.8, 4) is 11.5 Å². The second-order valence-corrected chi connectivity index (χ2v) is 5.20. The van der Waals surface area contributed by atoms with E-state index in [1.165, 1.54) is 0 Å². The van der Waals surface area contributed by atoms with Gasteiger partial charge in [-0.15, -0.1) is 0 Å². The molecule has 0 fully saturated rings. The fourth-order valence-electron chi connectivity index (χ4n) is 2.09. The summed E-state index contributed by atoms with van der Waals surface area (Å²) in [5.74, 6) is 1.23. The predicted molar refractivity (Wildman–Crippen MR) is 91.6 cm³/mol. The lowest BCUT2D eigenvalue weighted by Crippen LogP contribution is -2.28. The van der Waals surface area contributed by atoms with Crippen LogP contribution in [0, 0.1) is 0 Å². The van der Waals surface area contributed by atoms with Crippen LogP contribution in [0.4, 0.5) is 5.69 Å². The number of benzene rings is 2. The molecular weight excluding hydrogens is 292 g/mol. The first-order chi connectivity index (χ1) is 11.1. The Kier molecular flexibility index (Phi) is 5.86. The minimum Gasteiger partial charge on any atom is -0.493 e. The third-order valence-corrected chi connectivity index (χ3v) is 3.34. The summed E-state index contributed by atoms with van der Waals surface area (Å²) in [4.78, 5) is 14.1. The van der Waals surface area contributed by atoms with E-state index in [-0.39, 0.29) is 5.91 Å². The van der Waals surface area contributed by atoms with Gasteiger partial charge in [0.15, 0.2) is 11.5 Å². The number of methoxy groups -OCH3 is 1. The SMILES string of the molecule is COc1ccccc1OCCNC(=O)c1cccc(N(C)C)c1. The Labute approximate surface area is 136 Å². The third kappa shape index (κ3) is 4.64. The van der Waals surface area contributed by atoms with Gasteiger partial charge in [0.2, 0.25) is 0 Å². The highest BCUT2D eigenvalue weighted by Crippen LogP contribution is 2.25. The molecular formula is C18H22N2O3. The van der Waals surface area contributed by atoms with E-state index in [0.717, 1.165) is 5.69 Å². The molecule has 5 nitrogen and oxygen atoms in total. The van der Waals surface area contributed by atoms with E-state index < -0.39 is 0 Å². The van der Waals surface area contributed by atoms with Crippen LogP contribution in [0.2, 0.25) is 0 Å². The van der Waals surface area contributed by atoms with Crippen LogP contribution in [0.5, 0.6) is 11.5 Å². The van der Waals surface area contributed by atoms with Crippen molar-refractivity contribution >= 4 is 11.6 Å². The van der Waals surface area contributed by atoms with Crippen molar-refractivity contribution in [1.82, 2.24) is 5.32 Å². The van der Waals surface area contributed by atoms with Gasteiger partial charge >= 0.3 is 0 Å². The standard InChI is InChI=1S/C18H22N2O3/c1-20(2)15-8-6-7-14(13-15)18(21)19-11-12-23-17-10-5-4-9-16(17)22-3/h4-10,13H,11-12H2,1-3H3,(H,19,21). The van der Waals surface area contributed by atoms with Crippen molar-refractivity contribution in [2.24, 2.45) is 0 Å². The highest BCUT2D eigenvalue weighted by Gasteiger charge is 2.07. The molecule has 0 aliphatic rings. The summed E-state index contributed by atoms with van der Waals surface area (Å²) >= 11 is 0. The summed E-state index contributed by atoms with van der Waals surface area (Å²) in [6.07, 6.45) is 0.